The second-order valence-corrected chi connectivity index (χ2v) is 21.1. The van der Waals surface area contributed by atoms with Crippen LogP contribution in [0, 0.1) is 0 Å². The maximum absolute atomic E-state index is 13.2. The van der Waals surface area contributed by atoms with E-state index < -0.39 is 51.9 Å². The van der Waals surface area contributed by atoms with Gasteiger partial charge >= 0.3 is 31.3 Å². The molecule has 0 saturated heterocycles. The number of hydrogen-bond donors (Lipinski definition) is 0. The van der Waals surface area contributed by atoms with Crippen molar-refractivity contribution in [1.29, 1.82) is 0 Å². The molecule has 0 spiro atoms. The summed E-state index contributed by atoms with van der Waals surface area (Å²) in [7, 11) is -17.4. The number of hydrogen-bond acceptors (Lipinski definition) is 6. The Morgan fingerprint density at radius 1 is 0.481 bits per heavy atom. The van der Waals surface area contributed by atoms with Crippen LogP contribution in [0.1, 0.15) is 39.5 Å². The average Bonchev–Trinajstić information content (AvgIpc) is 3.15. The minimum Gasteiger partial charge on any atom is -0.209 e. The van der Waals surface area contributed by atoms with Gasteiger partial charge < -0.3 is 0 Å². The molecule has 0 amide bonds. The van der Waals surface area contributed by atoms with Crippen LogP contribution in [0.4, 0.5) is 26.3 Å². The maximum Gasteiger partial charge on any atom is 0.524 e. The molecule has 6 nitrogen and oxygen atoms in total. The molecule has 0 saturated carbocycles. The summed E-state index contributed by atoms with van der Waals surface area (Å²) in [6.45, 7) is 3.84. The fraction of sp³-hybridized carbons (Fsp3) is 0.263. The van der Waals surface area contributed by atoms with Crippen LogP contribution < -0.4 is 0 Å². The molecule has 0 aromatic heterocycles. The molecule has 0 N–H and O–H groups in total. The number of benzene rings is 5. The van der Waals surface area contributed by atoms with Gasteiger partial charge in [0.2, 0.25) is 0 Å². The second-order valence-electron chi connectivity index (χ2n) is 11.8. The monoisotopic (exact) mass is 834 g/mol. The number of rotatable bonds is 14. The summed E-state index contributed by atoms with van der Waals surface area (Å²) in [4.78, 5) is 1.61. The summed E-state index contributed by atoms with van der Waals surface area (Å²) in [6, 6.07) is 36.9. The molecule has 0 fully saturated rings. The van der Waals surface area contributed by atoms with Gasteiger partial charge in [-0.3, -0.25) is 0 Å². The van der Waals surface area contributed by atoms with Gasteiger partial charge in [0.15, 0.2) is 0 Å². The van der Waals surface area contributed by atoms with Gasteiger partial charge in [-0.25, -0.2) is 3.63 Å². The molecule has 0 bridgehead atoms. The summed E-state index contributed by atoms with van der Waals surface area (Å²) in [5.74, 6) is 0.569. The number of halogens is 6. The van der Waals surface area contributed by atoms with Crippen LogP contribution in [-0.4, -0.2) is 39.4 Å². The number of alkyl halides is 6. The molecule has 0 aliphatic carbocycles. The molecule has 5 rings (SSSR count). The quantitative estimate of drug-likeness (QED) is 0.0818. The Kier molecular flexibility index (Phi) is 14.4. The van der Waals surface area contributed by atoms with Crippen molar-refractivity contribution in [2.75, 3.05) is 11.5 Å². The highest BCUT2D eigenvalue weighted by Gasteiger charge is 2.53. The van der Waals surface area contributed by atoms with E-state index in [-0.39, 0.29) is 11.5 Å². The minimum absolute atomic E-state index is 0.285. The zero-order chi connectivity index (χ0) is 39.7. The molecule has 294 valence electrons. The summed E-state index contributed by atoms with van der Waals surface area (Å²) in [6.07, 6.45) is 2.66. The predicted molar refractivity (Wildman–Crippen MR) is 203 cm³/mol. The van der Waals surface area contributed by atoms with Crippen molar-refractivity contribution < 1.29 is 50.4 Å². The fourth-order valence-electron chi connectivity index (χ4n) is 5.45. The van der Waals surface area contributed by atoms with Crippen LogP contribution in [0.3, 0.4) is 0 Å². The van der Waals surface area contributed by atoms with Crippen LogP contribution >= 0.6 is 20.6 Å². The highest BCUT2D eigenvalue weighted by molar-refractivity contribution is 8.33. The first-order valence-corrected chi connectivity index (χ1v) is 23.0. The van der Waals surface area contributed by atoms with Crippen molar-refractivity contribution in [3.05, 3.63) is 133 Å². The smallest absolute Gasteiger partial charge is 0.209 e. The topological polar surface area (TPSA) is 86.7 Å². The lowest BCUT2D eigenvalue weighted by molar-refractivity contribution is -0.0501. The highest BCUT2D eigenvalue weighted by atomic mass is 32.3. The third kappa shape index (κ3) is 9.81. The van der Waals surface area contributed by atoms with Crippen molar-refractivity contribution in [3.8, 4) is 0 Å². The lowest BCUT2D eigenvalue weighted by Gasteiger charge is -2.39. The average molecular weight is 835 g/mol. The zero-order valence-corrected chi connectivity index (χ0v) is 32.6. The molecule has 0 aliphatic rings. The van der Waals surface area contributed by atoms with E-state index in [1.54, 1.807) is 109 Å². The lowest BCUT2D eigenvalue weighted by atomic mass is 10.1. The first kappa shape index (κ1) is 43.2. The lowest BCUT2D eigenvalue weighted by Crippen LogP contribution is -2.29. The third-order valence-corrected chi connectivity index (χ3v) is 18.3. The SMILES string of the molecule is CCCCS(CCCC)(OS(=O)(=O)C(F)(F)F)c1cccc2ccccc12.O=S(=O)(OS(c1ccccc1)(c1ccccc1)c1ccccc1)C(F)(F)F. The molecule has 0 aliphatic heterocycles. The Balaban J connectivity index is 0.000000241. The number of unbranched alkanes of at least 4 members (excludes halogenated alkanes) is 2. The molecular formula is C38H40F6O6S4. The fourth-order valence-corrected chi connectivity index (χ4v) is 15.8. The first-order chi connectivity index (χ1) is 25.4. The molecule has 5 aromatic rings. The van der Waals surface area contributed by atoms with Gasteiger partial charge in [-0.2, -0.15) is 46.8 Å². The van der Waals surface area contributed by atoms with Gasteiger partial charge in [0, 0.05) is 31.1 Å². The molecule has 5 aromatic carbocycles. The number of fused-ring (bicyclic) bond motifs is 1. The summed E-state index contributed by atoms with van der Waals surface area (Å²) < 4.78 is 137. The van der Waals surface area contributed by atoms with Crippen LogP contribution in [-0.2, 0) is 27.5 Å². The van der Waals surface area contributed by atoms with E-state index in [1.807, 2.05) is 38.1 Å². The minimum atomic E-state index is -5.86. The standard InChI is InChI=1S/C19H15F3O3S2.C19H25F3O3S2/c20-19(21,22)27(23,24)25-26(16-10-4-1-5-11-16,17-12-6-2-7-13-17)18-14-8-3-9-15-18;1-3-5-14-26(15-6-4-2,25-27(23,24)19(20,21)22)18-13-9-11-16-10-7-8-12-17(16)18/h1-15H;7-13H,3-6,14-15H2,1-2H3. The summed E-state index contributed by atoms with van der Waals surface area (Å²) in [5, 5.41) is 1.60. The Labute approximate surface area is 315 Å². The molecule has 0 unspecified atom stereocenters. The summed E-state index contributed by atoms with van der Waals surface area (Å²) in [5.41, 5.74) is -11.0. The van der Waals surface area contributed by atoms with Crippen molar-refractivity contribution in [1.82, 2.24) is 0 Å². The second kappa shape index (κ2) is 17.9. The van der Waals surface area contributed by atoms with Gasteiger partial charge in [-0.1, -0.05) is 128 Å². The first-order valence-electron chi connectivity index (χ1n) is 16.7. The molecule has 54 heavy (non-hydrogen) atoms. The van der Waals surface area contributed by atoms with E-state index in [0.29, 0.717) is 32.4 Å². The zero-order valence-electron chi connectivity index (χ0n) is 29.3. The maximum atomic E-state index is 13.2. The van der Waals surface area contributed by atoms with Gasteiger partial charge in [-0.15, -0.1) is 0 Å². The van der Waals surface area contributed by atoms with Gasteiger partial charge in [0.25, 0.3) is 0 Å². The Hall–Kier alpha value is -3.54. The van der Waals surface area contributed by atoms with Crippen molar-refractivity contribution in [2.45, 2.75) is 70.1 Å². The molecule has 0 radical (unpaired) electrons. The van der Waals surface area contributed by atoms with Crippen molar-refractivity contribution >= 4 is 51.6 Å². The van der Waals surface area contributed by atoms with E-state index >= 15 is 0 Å². The van der Waals surface area contributed by atoms with E-state index in [0.717, 1.165) is 23.6 Å². The normalized spacial score (nSPS) is 13.6. The van der Waals surface area contributed by atoms with E-state index in [4.69, 9.17) is 7.26 Å². The van der Waals surface area contributed by atoms with Crippen molar-refractivity contribution in [2.24, 2.45) is 0 Å². The summed E-state index contributed by atoms with van der Waals surface area (Å²) >= 11 is 0. The Morgan fingerprint density at radius 3 is 1.26 bits per heavy atom. The van der Waals surface area contributed by atoms with Crippen LogP contribution in [0.25, 0.3) is 10.8 Å². The van der Waals surface area contributed by atoms with Gasteiger partial charge in [0.05, 0.1) is 0 Å². The van der Waals surface area contributed by atoms with E-state index in [1.165, 1.54) is 0 Å². The van der Waals surface area contributed by atoms with Crippen LogP contribution in [0.15, 0.2) is 153 Å². The molecule has 0 atom stereocenters. The van der Waals surface area contributed by atoms with Gasteiger partial charge in [-0.05, 0) is 76.4 Å². The van der Waals surface area contributed by atoms with Crippen LogP contribution in [0.2, 0.25) is 0 Å². The molecule has 16 heteroatoms. The largest absolute Gasteiger partial charge is 0.524 e. The Morgan fingerprint density at radius 2 is 0.852 bits per heavy atom. The van der Waals surface area contributed by atoms with E-state index in [2.05, 4.69) is 0 Å². The van der Waals surface area contributed by atoms with Crippen LogP contribution in [0.5, 0.6) is 0 Å². The third-order valence-electron chi connectivity index (χ3n) is 8.01. The van der Waals surface area contributed by atoms with Gasteiger partial charge in [0.1, 0.15) is 0 Å². The predicted octanol–water partition coefficient (Wildman–Crippen LogP) is 12.1. The molecule has 0 heterocycles. The Bertz CT molecular complexity index is 2060. The molecular weight excluding hydrogens is 795 g/mol. The van der Waals surface area contributed by atoms with Crippen molar-refractivity contribution in [3.63, 3.8) is 0 Å². The highest BCUT2D eigenvalue weighted by Crippen LogP contribution is 2.70. The van der Waals surface area contributed by atoms with E-state index in [9.17, 15) is 43.2 Å².